The van der Waals surface area contributed by atoms with Gasteiger partial charge >= 0.3 is 7.69 Å². The molecule has 0 saturated heterocycles. The van der Waals surface area contributed by atoms with Crippen LogP contribution < -0.4 is 9.31 Å². The molecule has 0 saturated carbocycles. The summed E-state index contributed by atoms with van der Waals surface area (Å²) < 4.78 is 12.4. The van der Waals surface area contributed by atoms with Crippen LogP contribution in [0.3, 0.4) is 0 Å². The Morgan fingerprint density at radius 1 is 0.302 bits per heavy atom. The van der Waals surface area contributed by atoms with Crippen LogP contribution in [-0.2, 0) is 0 Å². The molecule has 0 unspecified atom stereocenters. The van der Waals surface area contributed by atoms with Crippen molar-refractivity contribution in [3.63, 3.8) is 0 Å². The molecule has 0 fully saturated rings. The van der Waals surface area contributed by atoms with Crippen LogP contribution >= 0.6 is 0 Å². The van der Waals surface area contributed by atoms with E-state index in [1.807, 2.05) is 0 Å². The maximum atomic E-state index is 6.20. The second kappa shape index (κ2) is 8.50. The Bertz CT molecular complexity index is 2510. The Hall–Kier alpha value is -5.54. The minimum Gasteiger partial charge on any atom is -0.526 e. The first-order valence-corrected chi connectivity index (χ1v) is 14.7. The van der Waals surface area contributed by atoms with E-state index < -0.39 is 0 Å². The van der Waals surface area contributed by atoms with Crippen molar-refractivity contribution in [2.45, 2.75) is 0 Å². The second-order valence-electron chi connectivity index (χ2n) is 11.5. The topological polar surface area (TPSA) is 18.5 Å². The van der Waals surface area contributed by atoms with Gasteiger partial charge in [0.05, 0.1) is 0 Å². The SMILES string of the molecule is [B](Oc1cc2cccc3c4cccc5cccc(c(c1)c23)c54)Oc1cc2cccc3c4cccc5cccc(c(c1)c23)c54. The first kappa shape index (κ1) is 23.1. The maximum absolute atomic E-state index is 6.20. The van der Waals surface area contributed by atoms with Crippen LogP contribution in [-0.4, -0.2) is 7.69 Å². The standard InChI is InChI=1S/C40H22BO2/c1-7-23-9-3-17-33-35-21-27(19-25-11-5-15-31(39(25)35)29(13-1)37(23)33)42-41-43-28-20-26-12-6-16-32-30-14-2-8-24-10-4-18-34(38(24)30)36(22-28)40(26)32/h1-22H. The molecule has 0 N–H and O–H groups in total. The zero-order valence-electron chi connectivity index (χ0n) is 23.1. The first-order valence-electron chi connectivity index (χ1n) is 14.7. The Balaban J connectivity index is 1.08. The van der Waals surface area contributed by atoms with Crippen LogP contribution in [0.15, 0.2) is 133 Å². The van der Waals surface area contributed by atoms with Crippen molar-refractivity contribution in [2.24, 2.45) is 0 Å². The summed E-state index contributed by atoms with van der Waals surface area (Å²) in [7, 11) is 1.46. The minimum absolute atomic E-state index is 0.749. The highest BCUT2D eigenvalue weighted by Crippen LogP contribution is 2.43. The van der Waals surface area contributed by atoms with Gasteiger partial charge in [0.1, 0.15) is 11.5 Å². The molecule has 1 radical (unpaired) electrons. The Morgan fingerprint density at radius 3 is 0.977 bits per heavy atom. The summed E-state index contributed by atoms with van der Waals surface area (Å²) in [6.45, 7) is 0. The van der Waals surface area contributed by atoms with Gasteiger partial charge in [-0.05, 0) is 110 Å². The lowest BCUT2D eigenvalue weighted by atomic mass is 9.89. The second-order valence-corrected chi connectivity index (χ2v) is 11.5. The van der Waals surface area contributed by atoms with Gasteiger partial charge in [0.2, 0.25) is 0 Å². The number of rotatable bonds is 4. The van der Waals surface area contributed by atoms with E-state index in [9.17, 15) is 0 Å². The highest BCUT2D eigenvalue weighted by atomic mass is 16.6. The molecule has 0 aromatic heterocycles. The van der Waals surface area contributed by atoms with Gasteiger partial charge in [0, 0.05) is 0 Å². The Kier molecular flexibility index (Phi) is 4.56. The smallest absolute Gasteiger partial charge is 0.526 e. The number of hydrogen-bond donors (Lipinski definition) is 0. The molecule has 10 aromatic carbocycles. The van der Waals surface area contributed by atoms with Crippen molar-refractivity contribution in [1.82, 2.24) is 0 Å². The van der Waals surface area contributed by atoms with Crippen molar-refractivity contribution in [3.05, 3.63) is 133 Å². The molecule has 197 valence electrons. The fraction of sp³-hybridized carbons (Fsp3) is 0. The van der Waals surface area contributed by atoms with Crippen LogP contribution in [0.5, 0.6) is 11.5 Å². The summed E-state index contributed by atoms with van der Waals surface area (Å²) in [5.41, 5.74) is 0. The van der Waals surface area contributed by atoms with Crippen LogP contribution in [0.2, 0.25) is 0 Å². The third-order valence-electron chi connectivity index (χ3n) is 9.24. The molecule has 3 heteroatoms. The molecule has 0 atom stereocenters. The van der Waals surface area contributed by atoms with Gasteiger partial charge in [0.25, 0.3) is 0 Å². The lowest BCUT2D eigenvalue weighted by molar-refractivity contribution is 0.460. The van der Waals surface area contributed by atoms with Gasteiger partial charge in [-0.1, -0.05) is 109 Å². The number of fused-ring (bicyclic) bond motifs is 4. The van der Waals surface area contributed by atoms with Crippen LogP contribution in [0.1, 0.15) is 0 Å². The van der Waals surface area contributed by atoms with E-state index in [4.69, 9.17) is 9.31 Å². The summed E-state index contributed by atoms with van der Waals surface area (Å²) in [4.78, 5) is 0. The molecule has 2 nitrogen and oxygen atoms in total. The molecule has 0 aliphatic carbocycles. The molecule has 43 heavy (non-hydrogen) atoms. The number of benzene rings is 10. The molecule has 0 aliphatic rings. The highest BCUT2D eigenvalue weighted by molar-refractivity contribution is 6.34. The van der Waals surface area contributed by atoms with E-state index in [1.54, 1.807) is 0 Å². The molecule has 0 heterocycles. The molecule has 0 amide bonds. The number of hydrogen-bond acceptors (Lipinski definition) is 2. The van der Waals surface area contributed by atoms with Gasteiger partial charge in [-0.3, -0.25) is 0 Å². The summed E-state index contributed by atoms with van der Waals surface area (Å²) in [6, 6.07) is 47.7. The largest absolute Gasteiger partial charge is 0.658 e. The molecule has 10 rings (SSSR count). The van der Waals surface area contributed by atoms with Crippen molar-refractivity contribution in [2.75, 3.05) is 0 Å². The van der Waals surface area contributed by atoms with E-state index in [0.717, 1.165) is 22.3 Å². The lowest BCUT2D eigenvalue weighted by Crippen LogP contribution is -2.11. The zero-order chi connectivity index (χ0) is 28.1. The van der Waals surface area contributed by atoms with Crippen LogP contribution in [0.25, 0.3) is 86.2 Å². The quantitative estimate of drug-likeness (QED) is 0.124. The fourth-order valence-corrected chi connectivity index (χ4v) is 7.53. The van der Waals surface area contributed by atoms with Crippen molar-refractivity contribution < 1.29 is 9.31 Å². The van der Waals surface area contributed by atoms with Crippen molar-refractivity contribution >= 4 is 93.9 Å². The Morgan fingerprint density at radius 2 is 0.605 bits per heavy atom. The molecule has 0 bridgehead atoms. The van der Waals surface area contributed by atoms with E-state index in [2.05, 4.69) is 133 Å². The van der Waals surface area contributed by atoms with Crippen molar-refractivity contribution in [3.8, 4) is 11.5 Å². The molecule has 10 aromatic rings. The van der Waals surface area contributed by atoms with Crippen LogP contribution in [0.4, 0.5) is 0 Å². The van der Waals surface area contributed by atoms with E-state index >= 15 is 0 Å². The third kappa shape index (κ3) is 3.19. The summed E-state index contributed by atoms with van der Waals surface area (Å²) >= 11 is 0. The summed E-state index contributed by atoms with van der Waals surface area (Å²) in [6.07, 6.45) is 0. The molecular formula is C40H22BO2. The predicted octanol–water partition coefficient (Wildman–Crippen LogP) is 10.8. The zero-order valence-corrected chi connectivity index (χ0v) is 23.1. The average Bonchev–Trinajstić information content (AvgIpc) is 3.05. The summed E-state index contributed by atoms with van der Waals surface area (Å²) in [5, 5.41) is 19.9. The summed E-state index contributed by atoms with van der Waals surface area (Å²) in [5.74, 6) is 1.50. The molecule has 0 spiro atoms. The Labute approximate surface area is 247 Å². The lowest BCUT2D eigenvalue weighted by Gasteiger charge is -2.17. The highest BCUT2D eigenvalue weighted by Gasteiger charge is 2.16. The molecule has 0 aliphatic heterocycles. The predicted molar refractivity (Wildman–Crippen MR) is 182 cm³/mol. The van der Waals surface area contributed by atoms with Crippen molar-refractivity contribution in [1.29, 1.82) is 0 Å². The molecular weight excluding hydrogens is 523 g/mol. The van der Waals surface area contributed by atoms with E-state index in [-0.39, 0.29) is 0 Å². The van der Waals surface area contributed by atoms with Crippen LogP contribution in [0, 0.1) is 0 Å². The minimum atomic E-state index is 0.749. The van der Waals surface area contributed by atoms with Gasteiger partial charge in [-0.25, -0.2) is 0 Å². The monoisotopic (exact) mass is 545 g/mol. The van der Waals surface area contributed by atoms with Gasteiger partial charge in [-0.15, -0.1) is 0 Å². The third-order valence-corrected chi connectivity index (χ3v) is 9.24. The fourth-order valence-electron chi connectivity index (χ4n) is 7.53. The van der Waals surface area contributed by atoms with Gasteiger partial charge in [0.15, 0.2) is 0 Å². The maximum Gasteiger partial charge on any atom is 0.658 e. The average molecular weight is 545 g/mol. The van der Waals surface area contributed by atoms with E-state index in [1.165, 1.54) is 83.1 Å². The van der Waals surface area contributed by atoms with Gasteiger partial charge in [-0.2, -0.15) is 0 Å². The first-order chi connectivity index (χ1) is 21.3. The normalized spacial score (nSPS) is 12.2. The van der Waals surface area contributed by atoms with E-state index in [0.29, 0.717) is 0 Å². The van der Waals surface area contributed by atoms with Gasteiger partial charge < -0.3 is 9.31 Å².